The number of hydrogen-bond acceptors (Lipinski definition) is 2. The van der Waals surface area contributed by atoms with Gasteiger partial charge in [0.25, 0.3) is 5.56 Å². The highest BCUT2D eigenvalue weighted by Crippen LogP contribution is 2.19. The molecule has 4 nitrogen and oxygen atoms in total. The molecular weight excluding hydrogens is 226 g/mol. The summed E-state index contributed by atoms with van der Waals surface area (Å²) in [6.45, 7) is 4.36. The summed E-state index contributed by atoms with van der Waals surface area (Å²) in [5.74, 6) is 0. The molecule has 0 saturated carbocycles. The molecule has 2 aromatic rings. The summed E-state index contributed by atoms with van der Waals surface area (Å²) in [7, 11) is 0. The Morgan fingerprint density at radius 3 is 2.28 bits per heavy atom. The van der Waals surface area contributed by atoms with Gasteiger partial charge >= 0.3 is 0 Å². The van der Waals surface area contributed by atoms with Crippen LogP contribution < -0.4 is 10.9 Å². The first kappa shape index (κ1) is 12.5. The number of aromatic nitrogens is 2. The lowest BCUT2D eigenvalue weighted by molar-refractivity contribution is 0.672. The molecule has 0 aliphatic rings. The highest BCUT2D eigenvalue weighted by atomic mass is 16.1. The molecule has 18 heavy (non-hydrogen) atoms. The molecule has 0 aliphatic carbocycles. The highest BCUT2D eigenvalue weighted by Gasteiger charge is 2.04. The Balaban J connectivity index is 2.12. The van der Waals surface area contributed by atoms with Crippen molar-refractivity contribution in [1.82, 2.24) is 10.2 Å². The van der Waals surface area contributed by atoms with Crippen molar-refractivity contribution in [3.05, 3.63) is 40.7 Å². The second kappa shape index (κ2) is 5.58. The van der Waals surface area contributed by atoms with Crippen molar-refractivity contribution in [3.8, 4) is 11.3 Å². The van der Waals surface area contributed by atoms with Crippen LogP contribution in [0.5, 0.6) is 0 Å². The molecule has 0 bridgehead atoms. The van der Waals surface area contributed by atoms with Crippen molar-refractivity contribution in [2.24, 2.45) is 0 Å². The summed E-state index contributed by atoms with van der Waals surface area (Å²) >= 11 is 0. The van der Waals surface area contributed by atoms with Gasteiger partial charge in [-0.2, -0.15) is 0 Å². The van der Waals surface area contributed by atoms with Crippen LogP contribution in [0.25, 0.3) is 11.3 Å². The predicted molar refractivity (Wildman–Crippen MR) is 74.8 cm³/mol. The summed E-state index contributed by atoms with van der Waals surface area (Å²) in [6.07, 6.45) is 2.23. The van der Waals surface area contributed by atoms with Crippen LogP contribution in [-0.2, 0) is 0 Å². The zero-order valence-electron chi connectivity index (χ0n) is 10.8. The maximum absolute atomic E-state index is 11.1. The fourth-order valence-electron chi connectivity index (χ4n) is 1.96. The molecule has 2 rings (SSSR count). The Hall–Kier alpha value is -1.97. The van der Waals surface area contributed by atoms with E-state index in [2.05, 4.69) is 29.4 Å². The first-order chi connectivity index (χ1) is 8.72. The van der Waals surface area contributed by atoms with Gasteiger partial charge in [-0.15, -0.1) is 0 Å². The van der Waals surface area contributed by atoms with E-state index in [9.17, 15) is 4.79 Å². The van der Waals surface area contributed by atoms with Crippen LogP contribution in [0, 0.1) is 0 Å². The van der Waals surface area contributed by atoms with Crippen molar-refractivity contribution >= 4 is 5.69 Å². The van der Waals surface area contributed by atoms with Crippen molar-refractivity contribution in [3.63, 3.8) is 0 Å². The Morgan fingerprint density at radius 1 is 1.11 bits per heavy atom. The topological polar surface area (TPSA) is 60.7 Å². The van der Waals surface area contributed by atoms with E-state index in [4.69, 9.17) is 0 Å². The first-order valence-corrected chi connectivity index (χ1v) is 6.37. The highest BCUT2D eigenvalue weighted by molar-refractivity contribution is 5.62. The molecule has 0 radical (unpaired) electrons. The van der Waals surface area contributed by atoms with Crippen molar-refractivity contribution < 1.29 is 0 Å². The maximum Gasteiger partial charge on any atom is 0.264 e. The van der Waals surface area contributed by atoms with Crippen LogP contribution in [0.15, 0.2) is 35.1 Å². The zero-order valence-corrected chi connectivity index (χ0v) is 10.8. The number of hydrogen-bond donors (Lipinski definition) is 3. The van der Waals surface area contributed by atoms with Gasteiger partial charge in [-0.1, -0.05) is 26.0 Å². The Morgan fingerprint density at radius 2 is 1.78 bits per heavy atom. The molecule has 0 saturated heterocycles. The van der Waals surface area contributed by atoms with Gasteiger partial charge in [0.05, 0.1) is 5.69 Å². The molecule has 0 aliphatic heterocycles. The summed E-state index contributed by atoms with van der Waals surface area (Å²) in [4.78, 5) is 11.1. The molecule has 0 unspecified atom stereocenters. The number of anilines is 1. The fraction of sp³-hybridized carbons (Fsp3) is 0.357. The minimum atomic E-state index is -0.107. The molecule has 1 heterocycles. The van der Waals surface area contributed by atoms with Crippen LogP contribution in [0.4, 0.5) is 5.69 Å². The third kappa shape index (κ3) is 2.83. The van der Waals surface area contributed by atoms with E-state index in [0.717, 1.165) is 29.8 Å². The van der Waals surface area contributed by atoms with Gasteiger partial charge in [0.2, 0.25) is 0 Å². The number of nitrogens with one attached hydrogen (secondary N) is 3. The lowest BCUT2D eigenvalue weighted by Gasteiger charge is -2.16. The summed E-state index contributed by atoms with van der Waals surface area (Å²) in [5.41, 5.74) is 2.83. The molecule has 4 heteroatoms. The van der Waals surface area contributed by atoms with Gasteiger partial charge in [0, 0.05) is 17.8 Å². The normalized spacial score (nSPS) is 10.8. The van der Waals surface area contributed by atoms with Gasteiger partial charge in [-0.25, -0.2) is 0 Å². The summed E-state index contributed by atoms with van der Waals surface area (Å²) in [5, 5.41) is 8.86. The third-order valence-corrected chi connectivity index (χ3v) is 3.15. The average Bonchev–Trinajstić information content (AvgIpc) is 2.83. The summed E-state index contributed by atoms with van der Waals surface area (Å²) < 4.78 is 0. The predicted octanol–water partition coefficient (Wildman–Crippen LogP) is 2.97. The van der Waals surface area contributed by atoms with E-state index < -0.39 is 0 Å². The molecule has 96 valence electrons. The van der Waals surface area contributed by atoms with Crippen molar-refractivity contribution in [2.45, 2.75) is 32.7 Å². The third-order valence-electron chi connectivity index (χ3n) is 3.15. The van der Waals surface area contributed by atoms with Crippen LogP contribution in [0.2, 0.25) is 0 Å². The number of rotatable bonds is 5. The van der Waals surface area contributed by atoms with Gasteiger partial charge in [0.1, 0.15) is 0 Å². The first-order valence-electron chi connectivity index (χ1n) is 6.37. The van der Waals surface area contributed by atoms with Gasteiger partial charge < -0.3 is 5.32 Å². The molecule has 1 aromatic heterocycles. The minimum absolute atomic E-state index is 0.107. The van der Waals surface area contributed by atoms with E-state index in [1.165, 1.54) is 0 Å². The Labute approximate surface area is 106 Å². The lowest BCUT2D eigenvalue weighted by atomic mass is 10.1. The quantitative estimate of drug-likeness (QED) is 0.758. The molecule has 0 fully saturated rings. The lowest BCUT2D eigenvalue weighted by Crippen LogP contribution is -2.16. The minimum Gasteiger partial charge on any atom is -0.382 e. The second-order valence-electron chi connectivity index (χ2n) is 4.41. The van der Waals surface area contributed by atoms with Gasteiger partial charge in [-0.3, -0.25) is 15.0 Å². The van der Waals surface area contributed by atoms with Crippen LogP contribution in [-0.4, -0.2) is 16.2 Å². The van der Waals surface area contributed by atoms with E-state index in [1.54, 1.807) is 6.07 Å². The second-order valence-corrected chi connectivity index (χ2v) is 4.41. The van der Waals surface area contributed by atoms with Crippen LogP contribution in [0.1, 0.15) is 26.7 Å². The number of H-pyrrole nitrogens is 2. The van der Waals surface area contributed by atoms with Crippen LogP contribution >= 0.6 is 0 Å². The van der Waals surface area contributed by atoms with Gasteiger partial charge in [-0.05, 0) is 30.5 Å². The molecule has 1 aromatic carbocycles. The van der Waals surface area contributed by atoms with Gasteiger partial charge in [0.15, 0.2) is 0 Å². The van der Waals surface area contributed by atoms with Crippen molar-refractivity contribution in [2.75, 3.05) is 5.32 Å². The van der Waals surface area contributed by atoms with E-state index in [0.29, 0.717) is 6.04 Å². The number of benzene rings is 1. The summed E-state index contributed by atoms with van der Waals surface area (Å²) in [6, 6.07) is 10.2. The zero-order chi connectivity index (χ0) is 13.0. The maximum atomic E-state index is 11.1. The fourth-order valence-corrected chi connectivity index (χ4v) is 1.96. The molecule has 0 atom stereocenters. The van der Waals surface area contributed by atoms with E-state index in [-0.39, 0.29) is 5.56 Å². The van der Waals surface area contributed by atoms with E-state index in [1.807, 2.05) is 24.3 Å². The SMILES string of the molecule is CCC(CC)Nc1ccc(-c2cc(=O)[nH][nH]2)cc1. The largest absolute Gasteiger partial charge is 0.382 e. The molecule has 0 amide bonds. The van der Waals surface area contributed by atoms with Crippen LogP contribution in [0.3, 0.4) is 0 Å². The Bertz CT molecular complexity index is 535. The standard InChI is InChI=1S/C14H19N3O/c1-3-11(4-2)15-12-7-5-10(6-8-12)13-9-14(18)17-16-13/h5-9,11,15H,3-4H2,1-2H3,(H2,16,17,18). The monoisotopic (exact) mass is 245 g/mol. The smallest absolute Gasteiger partial charge is 0.264 e. The average molecular weight is 245 g/mol. The molecule has 0 spiro atoms. The Kier molecular flexibility index (Phi) is 3.87. The molecular formula is C14H19N3O. The number of aromatic amines is 2. The molecule has 3 N–H and O–H groups in total. The van der Waals surface area contributed by atoms with Crippen molar-refractivity contribution in [1.29, 1.82) is 0 Å². The van der Waals surface area contributed by atoms with E-state index >= 15 is 0 Å².